The zero-order chi connectivity index (χ0) is 24.8. The van der Waals surface area contributed by atoms with Crippen molar-refractivity contribution >= 4 is 29.1 Å². The molecule has 3 aliphatic rings. The van der Waals surface area contributed by atoms with Crippen LogP contribution in [0.25, 0.3) is 11.1 Å². The lowest BCUT2D eigenvalue weighted by atomic mass is 9.99. The van der Waals surface area contributed by atoms with Crippen molar-refractivity contribution < 1.29 is 13.9 Å². The predicted molar refractivity (Wildman–Crippen MR) is 133 cm³/mol. The molecule has 2 saturated heterocycles. The minimum atomic E-state index is -0.591. The summed E-state index contributed by atoms with van der Waals surface area (Å²) in [7, 11) is 0. The first-order valence-electron chi connectivity index (χ1n) is 11.9. The van der Waals surface area contributed by atoms with Gasteiger partial charge in [-0.15, -0.1) is 0 Å². The number of rotatable bonds is 3. The molecule has 11 heteroatoms. The normalized spacial score (nSPS) is 20.8. The van der Waals surface area contributed by atoms with Gasteiger partial charge in [0.2, 0.25) is 0 Å². The van der Waals surface area contributed by atoms with Crippen LogP contribution >= 0.6 is 11.6 Å². The summed E-state index contributed by atoms with van der Waals surface area (Å²) in [5, 5.41) is 9.63. The molecule has 2 bridgehead atoms. The summed E-state index contributed by atoms with van der Waals surface area (Å²) in [5.74, 6) is 0.242. The van der Waals surface area contributed by atoms with Crippen molar-refractivity contribution in [1.29, 1.82) is 0 Å². The number of aromatic nitrogens is 3. The molecule has 2 N–H and O–H groups in total. The number of ether oxygens (including phenoxy) is 1. The van der Waals surface area contributed by atoms with Gasteiger partial charge in [0.1, 0.15) is 11.6 Å². The molecule has 9 nitrogen and oxygen atoms in total. The molecule has 1 aromatic carbocycles. The summed E-state index contributed by atoms with van der Waals surface area (Å²) >= 11 is 6.52. The molecule has 0 radical (unpaired) electrons. The van der Waals surface area contributed by atoms with E-state index in [1.165, 1.54) is 12.1 Å². The summed E-state index contributed by atoms with van der Waals surface area (Å²) in [6.07, 6.45) is 3.74. The Morgan fingerprint density at radius 3 is 2.81 bits per heavy atom. The third-order valence-electron chi connectivity index (χ3n) is 7.12. The van der Waals surface area contributed by atoms with Crippen LogP contribution < -0.4 is 15.8 Å². The molecule has 6 rings (SSSR count). The molecule has 3 aliphatic heterocycles. The Labute approximate surface area is 211 Å². The average Bonchev–Trinajstić information content (AvgIpc) is 3.21. The lowest BCUT2D eigenvalue weighted by Gasteiger charge is -2.35. The van der Waals surface area contributed by atoms with Gasteiger partial charge >= 0.3 is 6.03 Å². The maximum Gasteiger partial charge on any atom is 0.322 e. The highest BCUT2D eigenvalue weighted by atomic mass is 35.5. The fraction of sp³-hybridized carbons (Fsp3) is 0.360. The van der Waals surface area contributed by atoms with Crippen LogP contribution in [-0.2, 0) is 11.2 Å². The standard InChI is InChI=1S/C25H24ClFN6O3/c26-18-12-20(19(27)11-17(18)14-1-4-22(28-13-14)32-5-7-36-8-6-32)29-25(35)33-16-2-3-21(33)24-15(9-16)10-23(34)30-31-24/h1,4,10-13,16,21H,2-3,5-9H2,(H,29,35)(H,30,34)/t16-,21+/m0/s1. The number of hydrogen-bond acceptors (Lipinski definition) is 6. The number of urea groups is 1. The number of nitrogens with one attached hydrogen (secondary N) is 2. The Bertz CT molecular complexity index is 1380. The quantitative estimate of drug-likeness (QED) is 0.556. The number of benzene rings is 1. The molecule has 2 fully saturated rings. The minimum Gasteiger partial charge on any atom is -0.378 e. The molecule has 2 amide bonds. The monoisotopic (exact) mass is 510 g/mol. The van der Waals surface area contributed by atoms with Gasteiger partial charge in [-0.3, -0.25) is 4.79 Å². The largest absolute Gasteiger partial charge is 0.378 e. The van der Waals surface area contributed by atoms with Gasteiger partial charge < -0.3 is 19.9 Å². The molecule has 2 atom stereocenters. The van der Waals surface area contributed by atoms with Crippen molar-refractivity contribution in [2.75, 3.05) is 36.5 Å². The van der Waals surface area contributed by atoms with Crippen LogP contribution in [-0.4, -0.2) is 58.5 Å². The first-order valence-corrected chi connectivity index (χ1v) is 12.3. The number of pyridine rings is 1. The summed E-state index contributed by atoms with van der Waals surface area (Å²) < 4.78 is 20.5. The highest BCUT2D eigenvalue weighted by Gasteiger charge is 2.44. The second-order valence-electron chi connectivity index (χ2n) is 9.25. The van der Waals surface area contributed by atoms with Crippen LogP contribution in [0.2, 0.25) is 5.02 Å². The van der Waals surface area contributed by atoms with Crippen LogP contribution in [0.1, 0.15) is 30.1 Å². The number of anilines is 2. The van der Waals surface area contributed by atoms with Gasteiger partial charge in [-0.05, 0) is 49.1 Å². The Kier molecular flexibility index (Phi) is 5.85. The molecule has 2 aromatic heterocycles. The first kappa shape index (κ1) is 22.9. The SMILES string of the molecule is O=C(Nc1cc(Cl)c(-c2ccc(N3CCOCC3)nc2)cc1F)N1[C@H]2CC[C@@H]1c1n[nH]c(=O)cc1C2. The molecular weight excluding hydrogens is 487 g/mol. The van der Waals surface area contributed by atoms with Gasteiger partial charge in [-0.25, -0.2) is 19.3 Å². The number of halogens is 2. The molecule has 0 saturated carbocycles. The fourth-order valence-corrected chi connectivity index (χ4v) is 5.66. The third kappa shape index (κ3) is 4.10. The van der Waals surface area contributed by atoms with E-state index >= 15 is 4.39 Å². The molecule has 3 aromatic rings. The van der Waals surface area contributed by atoms with E-state index in [9.17, 15) is 9.59 Å². The number of H-pyrrole nitrogens is 1. The number of hydrogen-bond donors (Lipinski definition) is 2. The van der Waals surface area contributed by atoms with Gasteiger partial charge in [0.25, 0.3) is 5.56 Å². The Hall–Kier alpha value is -3.50. The minimum absolute atomic E-state index is 0.00581. The number of carbonyl (C=O) groups excluding carboxylic acids is 1. The first-order chi connectivity index (χ1) is 17.5. The van der Waals surface area contributed by atoms with Crippen molar-refractivity contribution in [3.8, 4) is 11.1 Å². The topological polar surface area (TPSA) is 103 Å². The van der Waals surface area contributed by atoms with Crippen LogP contribution in [0.5, 0.6) is 0 Å². The smallest absolute Gasteiger partial charge is 0.322 e. The third-order valence-corrected chi connectivity index (χ3v) is 7.43. The van der Waals surface area contributed by atoms with Gasteiger partial charge in [-0.2, -0.15) is 5.10 Å². The van der Waals surface area contributed by atoms with E-state index in [1.54, 1.807) is 17.2 Å². The summed E-state index contributed by atoms with van der Waals surface area (Å²) in [5.41, 5.74) is 2.48. The number of morpholine rings is 1. The summed E-state index contributed by atoms with van der Waals surface area (Å²) in [6, 6.07) is 7.28. The molecule has 0 spiro atoms. The van der Waals surface area contributed by atoms with Crippen molar-refractivity contribution in [3.63, 3.8) is 0 Å². The van der Waals surface area contributed by atoms with Crippen LogP contribution in [0, 0.1) is 5.82 Å². The second-order valence-corrected chi connectivity index (χ2v) is 9.65. The van der Waals surface area contributed by atoms with Crippen LogP contribution in [0.3, 0.4) is 0 Å². The zero-order valence-corrected chi connectivity index (χ0v) is 20.1. The molecular formula is C25H24ClFN6O3. The van der Waals surface area contributed by atoms with E-state index in [0.717, 1.165) is 37.3 Å². The summed E-state index contributed by atoms with van der Waals surface area (Å²) in [4.78, 5) is 33.2. The number of amides is 2. The van der Waals surface area contributed by atoms with Gasteiger partial charge in [0.15, 0.2) is 0 Å². The fourth-order valence-electron chi connectivity index (χ4n) is 5.39. The van der Waals surface area contributed by atoms with E-state index in [1.807, 2.05) is 12.1 Å². The Morgan fingerprint density at radius 1 is 1.19 bits per heavy atom. The highest BCUT2D eigenvalue weighted by molar-refractivity contribution is 6.33. The maximum atomic E-state index is 15.1. The molecule has 0 aliphatic carbocycles. The zero-order valence-electron chi connectivity index (χ0n) is 19.3. The van der Waals surface area contributed by atoms with Gasteiger partial charge in [-0.1, -0.05) is 11.6 Å². The van der Waals surface area contributed by atoms with Gasteiger partial charge in [0.05, 0.1) is 35.7 Å². The average molecular weight is 511 g/mol. The van der Waals surface area contributed by atoms with Crippen molar-refractivity contribution in [1.82, 2.24) is 20.1 Å². The van der Waals surface area contributed by atoms with Crippen molar-refractivity contribution in [2.45, 2.75) is 31.3 Å². The number of carbonyl (C=O) groups is 1. The molecule has 36 heavy (non-hydrogen) atoms. The lowest BCUT2D eigenvalue weighted by molar-refractivity contribution is 0.122. The van der Waals surface area contributed by atoms with E-state index < -0.39 is 11.8 Å². The van der Waals surface area contributed by atoms with E-state index in [4.69, 9.17) is 16.3 Å². The van der Waals surface area contributed by atoms with Crippen LogP contribution in [0.15, 0.2) is 41.3 Å². The van der Waals surface area contributed by atoms with Crippen molar-refractivity contribution in [3.05, 3.63) is 69.0 Å². The maximum absolute atomic E-state index is 15.1. The summed E-state index contributed by atoms with van der Waals surface area (Å²) in [6.45, 7) is 2.87. The highest BCUT2D eigenvalue weighted by Crippen LogP contribution is 2.42. The van der Waals surface area contributed by atoms with E-state index in [-0.39, 0.29) is 23.3 Å². The number of aromatic amines is 1. The van der Waals surface area contributed by atoms with Gasteiger partial charge in [0, 0.05) is 42.5 Å². The number of nitrogens with zero attached hydrogens (tertiary/aromatic N) is 4. The molecule has 186 valence electrons. The van der Waals surface area contributed by atoms with E-state index in [0.29, 0.717) is 41.5 Å². The van der Waals surface area contributed by atoms with Crippen LogP contribution in [0.4, 0.5) is 20.7 Å². The second kappa shape index (κ2) is 9.18. The van der Waals surface area contributed by atoms with E-state index in [2.05, 4.69) is 25.4 Å². The number of fused-ring (bicyclic) bond motifs is 4. The molecule has 5 heterocycles. The van der Waals surface area contributed by atoms with Crippen molar-refractivity contribution in [2.24, 2.45) is 0 Å². The lowest BCUT2D eigenvalue weighted by Crippen LogP contribution is -2.45. The predicted octanol–water partition coefficient (Wildman–Crippen LogP) is 3.75. The molecule has 0 unspecified atom stereocenters. The Morgan fingerprint density at radius 2 is 2.03 bits per heavy atom. The Balaban J connectivity index is 1.21.